The second kappa shape index (κ2) is 10.1. The third-order valence-electron chi connectivity index (χ3n) is 15.0. The standard InChI is InChI=1S/C36H57ClO4/c1-22(2)23-12-17-36(21-38)19-18-34(8)24(29(23)36)10-11-26-33(7)15-14-27(41-28(39)20-31(3,4)30(37)40)32(5,6)25(33)13-16-35(26,34)9/h21-27,29H,10-20H2,1-9H3/t23-,24?,25?,26?,27-,29?,33-,34+,35+,36+/m0/s1. The molecule has 5 aliphatic carbocycles. The van der Waals surface area contributed by atoms with E-state index in [1.165, 1.54) is 38.4 Å². The van der Waals surface area contributed by atoms with E-state index >= 15 is 0 Å². The summed E-state index contributed by atoms with van der Waals surface area (Å²) in [4.78, 5) is 37.6. The molecule has 5 saturated carbocycles. The van der Waals surface area contributed by atoms with Crippen LogP contribution in [0, 0.1) is 68.0 Å². The van der Waals surface area contributed by atoms with Crippen LogP contribution in [-0.2, 0) is 19.1 Å². The number of ether oxygens (including phenoxy) is 1. The number of aldehydes is 1. The van der Waals surface area contributed by atoms with Crippen molar-refractivity contribution in [1.82, 2.24) is 0 Å². The summed E-state index contributed by atoms with van der Waals surface area (Å²) < 4.78 is 6.18. The Bertz CT molecular complexity index is 1080. The van der Waals surface area contributed by atoms with Crippen molar-refractivity contribution in [2.75, 3.05) is 0 Å². The lowest BCUT2D eigenvalue weighted by Gasteiger charge is -2.72. The third kappa shape index (κ3) is 4.44. The van der Waals surface area contributed by atoms with Crippen LogP contribution < -0.4 is 0 Å². The summed E-state index contributed by atoms with van der Waals surface area (Å²) in [5, 5.41) is -0.494. The Balaban J connectivity index is 1.41. The Kier molecular flexibility index (Phi) is 7.74. The third-order valence-corrected chi connectivity index (χ3v) is 15.5. The van der Waals surface area contributed by atoms with Gasteiger partial charge in [-0.15, -0.1) is 0 Å². The molecule has 41 heavy (non-hydrogen) atoms. The molecule has 5 rings (SSSR count). The van der Waals surface area contributed by atoms with Crippen LogP contribution in [-0.4, -0.2) is 23.6 Å². The first kappa shape index (κ1) is 31.5. The fourth-order valence-electron chi connectivity index (χ4n) is 12.5. The van der Waals surface area contributed by atoms with E-state index < -0.39 is 10.7 Å². The minimum absolute atomic E-state index is 0.0190. The van der Waals surface area contributed by atoms with Crippen molar-refractivity contribution in [2.24, 2.45) is 68.0 Å². The number of carbonyl (C=O) groups is 3. The summed E-state index contributed by atoms with van der Waals surface area (Å²) in [5.41, 5.74) is -0.427. The van der Waals surface area contributed by atoms with E-state index in [1.54, 1.807) is 13.8 Å². The van der Waals surface area contributed by atoms with Gasteiger partial charge in [0.15, 0.2) is 0 Å². The lowest BCUT2D eigenvalue weighted by atomic mass is 9.32. The van der Waals surface area contributed by atoms with Crippen molar-refractivity contribution in [2.45, 2.75) is 139 Å². The predicted molar refractivity (Wildman–Crippen MR) is 164 cm³/mol. The molecule has 0 heterocycles. The molecule has 0 N–H and O–H groups in total. The van der Waals surface area contributed by atoms with Crippen LogP contribution in [0.4, 0.5) is 0 Å². The van der Waals surface area contributed by atoms with Gasteiger partial charge in [0.2, 0.25) is 5.24 Å². The van der Waals surface area contributed by atoms with Crippen LogP contribution in [0.1, 0.15) is 133 Å². The van der Waals surface area contributed by atoms with E-state index in [2.05, 4.69) is 48.5 Å². The van der Waals surface area contributed by atoms with Crippen LogP contribution in [0.3, 0.4) is 0 Å². The molecule has 4 nitrogen and oxygen atoms in total. The number of rotatable bonds is 6. The summed E-state index contributed by atoms with van der Waals surface area (Å²) in [6.07, 6.45) is 12.7. The number of fused-ring (bicyclic) bond motifs is 7. The first-order chi connectivity index (χ1) is 18.9. The van der Waals surface area contributed by atoms with Crippen LogP contribution in [0.5, 0.6) is 0 Å². The molecule has 5 heteroatoms. The minimum Gasteiger partial charge on any atom is -0.462 e. The molecule has 0 bridgehead atoms. The van der Waals surface area contributed by atoms with E-state index in [0.717, 1.165) is 32.1 Å². The summed E-state index contributed by atoms with van der Waals surface area (Å²) in [6, 6.07) is 0. The minimum atomic E-state index is -0.915. The first-order valence-corrected chi connectivity index (χ1v) is 17.1. The normalized spacial score (nSPS) is 47.0. The van der Waals surface area contributed by atoms with Crippen LogP contribution >= 0.6 is 11.6 Å². The quantitative estimate of drug-likeness (QED) is 0.176. The average Bonchev–Trinajstić information content (AvgIpc) is 3.26. The fraction of sp³-hybridized carbons (Fsp3) is 0.917. The van der Waals surface area contributed by atoms with Crippen molar-refractivity contribution in [3.8, 4) is 0 Å². The number of halogens is 1. The van der Waals surface area contributed by atoms with Gasteiger partial charge in [-0.3, -0.25) is 9.59 Å². The maximum atomic E-state index is 13.0. The van der Waals surface area contributed by atoms with Gasteiger partial charge in [0, 0.05) is 16.2 Å². The summed E-state index contributed by atoms with van der Waals surface area (Å²) in [5.74, 6) is 3.29. The van der Waals surface area contributed by atoms with Crippen LogP contribution in [0.15, 0.2) is 0 Å². The zero-order chi connectivity index (χ0) is 30.4. The topological polar surface area (TPSA) is 60.4 Å². The van der Waals surface area contributed by atoms with Gasteiger partial charge in [-0.1, -0.05) is 62.3 Å². The Morgan fingerprint density at radius 3 is 2.17 bits per heavy atom. The number of esters is 1. The molecule has 0 radical (unpaired) electrons. The zero-order valence-corrected chi connectivity index (χ0v) is 28.2. The number of hydrogen-bond acceptors (Lipinski definition) is 4. The fourth-order valence-corrected chi connectivity index (χ4v) is 12.5. The van der Waals surface area contributed by atoms with Crippen molar-refractivity contribution >= 4 is 29.1 Å². The Hall–Kier alpha value is -0.900. The molecule has 232 valence electrons. The highest BCUT2D eigenvalue weighted by molar-refractivity contribution is 6.64. The van der Waals surface area contributed by atoms with E-state index in [4.69, 9.17) is 16.3 Å². The highest BCUT2D eigenvalue weighted by Crippen LogP contribution is 2.77. The van der Waals surface area contributed by atoms with Crippen molar-refractivity contribution in [3.05, 3.63) is 0 Å². The molecule has 0 amide bonds. The molecule has 0 aromatic rings. The van der Waals surface area contributed by atoms with Crippen LogP contribution in [0.25, 0.3) is 0 Å². The second-order valence-electron chi connectivity index (χ2n) is 17.7. The molecule has 0 aromatic carbocycles. The van der Waals surface area contributed by atoms with Crippen molar-refractivity contribution in [1.29, 1.82) is 0 Å². The summed E-state index contributed by atoms with van der Waals surface area (Å²) in [6.45, 7) is 20.7. The maximum absolute atomic E-state index is 13.0. The predicted octanol–water partition coefficient (Wildman–Crippen LogP) is 9.02. The van der Waals surface area contributed by atoms with E-state index in [1.807, 2.05) is 0 Å². The molecule has 4 unspecified atom stereocenters. The van der Waals surface area contributed by atoms with E-state index in [0.29, 0.717) is 35.5 Å². The maximum Gasteiger partial charge on any atom is 0.307 e. The lowest BCUT2D eigenvalue weighted by molar-refractivity contribution is -0.249. The molecular weight excluding hydrogens is 532 g/mol. The molecule has 5 aliphatic rings. The second-order valence-corrected chi connectivity index (χ2v) is 18.0. The van der Waals surface area contributed by atoms with Gasteiger partial charge in [-0.05, 0) is 128 Å². The van der Waals surface area contributed by atoms with Crippen molar-refractivity contribution in [3.63, 3.8) is 0 Å². The van der Waals surface area contributed by atoms with Gasteiger partial charge >= 0.3 is 5.97 Å². The smallest absolute Gasteiger partial charge is 0.307 e. The van der Waals surface area contributed by atoms with Gasteiger partial charge in [-0.2, -0.15) is 0 Å². The largest absolute Gasteiger partial charge is 0.462 e. The monoisotopic (exact) mass is 588 g/mol. The van der Waals surface area contributed by atoms with Gasteiger partial charge in [0.05, 0.1) is 6.42 Å². The molecule has 0 saturated heterocycles. The Labute approximate surface area is 254 Å². The van der Waals surface area contributed by atoms with Gasteiger partial charge < -0.3 is 9.53 Å². The van der Waals surface area contributed by atoms with E-state index in [-0.39, 0.29) is 45.6 Å². The molecule has 0 aromatic heterocycles. The summed E-state index contributed by atoms with van der Waals surface area (Å²) in [7, 11) is 0. The Morgan fingerprint density at radius 2 is 1.56 bits per heavy atom. The number of hydrogen-bond donors (Lipinski definition) is 0. The van der Waals surface area contributed by atoms with Gasteiger partial charge in [-0.25, -0.2) is 0 Å². The van der Waals surface area contributed by atoms with Gasteiger partial charge in [0.25, 0.3) is 0 Å². The Morgan fingerprint density at radius 1 is 0.878 bits per heavy atom. The first-order valence-electron chi connectivity index (χ1n) is 16.8. The molecule has 10 atom stereocenters. The summed E-state index contributed by atoms with van der Waals surface area (Å²) >= 11 is 5.76. The average molecular weight is 589 g/mol. The zero-order valence-electron chi connectivity index (χ0n) is 27.4. The molecule has 5 fully saturated rings. The van der Waals surface area contributed by atoms with Gasteiger partial charge in [0.1, 0.15) is 12.4 Å². The van der Waals surface area contributed by atoms with Crippen molar-refractivity contribution < 1.29 is 19.1 Å². The van der Waals surface area contributed by atoms with E-state index in [9.17, 15) is 14.4 Å². The molecule has 0 aliphatic heterocycles. The number of carbonyl (C=O) groups excluding carboxylic acids is 3. The highest BCUT2D eigenvalue weighted by atomic mass is 35.5. The molecular formula is C36H57ClO4. The lowest BCUT2D eigenvalue weighted by Crippen LogP contribution is -2.67. The van der Waals surface area contributed by atoms with Crippen LogP contribution in [0.2, 0.25) is 0 Å². The highest BCUT2D eigenvalue weighted by Gasteiger charge is 2.71. The SMILES string of the molecule is CC(C)[C@@H]1CC[C@]2(C=O)CC[C@]3(C)C(CCC4[C@@]5(C)CC[C@H](OC(=O)CC(C)(C)C(=O)Cl)C(C)(C)C5CC[C@]43C)C12. The molecule has 0 spiro atoms.